The lowest BCUT2D eigenvalue weighted by atomic mass is 10.0. The Labute approximate surface area is 139 Å². The second kappa shape index (κ2) is 9.13. The monoisotopic (exact) mass is 333 g/mol. The number of nitrogens with zero attached hydrogens (tertiary/aromatic N) is 1. The number of para-hydroxylation sites is 2. The van der Waals surface area contributed by atoms with Gasteiger partial charge in [-0.2, -0.15) is 0 Å². The molecule has 0 aliphatic carbocycles. The molecule has 0 spiro atoms. The van der Waals surface area contributed by atoms with Gasteiger partial charge in [0, 0.05) is 19.1 Å². The van der Waals surface area contributed by atoms with Gasteiger partial charge in [-0.3, -0.25) is 4.79 Å². The number of nitrogens with two attached hydrogens (primary N) is 1. The molecule has 1 aromatic carbocycles. The third kappa shape index (κ3) is 5.06. The molecule has 6 heteroatoms. The van der Waals surface area contributed by atoms with Gasteiger partial charge in [-0.05, 0) is 31.9 Å². The third-order valence-electron chi connectivity index (χ3n) is 3.81. The summed E-state index contributed by atoms with van der Waals surface area (Å²) in [5.74, 6) is -0.201. The molecule has 0 bridgehead atoms. The molecule has 2 unspecified atom stereocenters. The van der Waals surface area contributed by atoms with Crippen LogP contribution in [0.1, 0.15) is 26.7 Å². The van der Waals surface area contributed by atoms with Crippen molar-refractivity contribution in [3.63, 3.8) is 0 Å². The predicted molar refractivity (Wildman–Crippen MR) is 93.8 cm³/mol. The Hall–Kier alpha value is -0.970. The minimum atomic E-state index is -0.188. The molecule has 3 N–H and O–H groups in total. The van der Waals surface area contributed by atoms with Crippen LogP contribution >= 0.6 is 24.8 Å². The molecule has 0 radical (unpaired) electrons. The summed E-state index contributed by atoms with van der Waals surface area (Å²) in [6.07, 6.45) is 2.44. The summed E-state index contributed by atoms with van der Waals surface area (Å²) in [6.45, 7) is 5.85. The number of hydrogen-bond acceptors (Lipinski definition) is 3. The van der Waals surface area contributed by atoms with Crippen LogP contribution in [0.15, 0.2) is 24.3 Å². The Morgan fingerprint density at radius 3 is 2.33 bits per heavy atom. The number of hydrogen-bond donors (Lipinski definition) is 2. The van der Waals surface area contributed by atoms with Gasteiger partial charge >= 0.3 is 0 Å². The molecule has 2 atom stereocenters. The van der Waals surface area contributed by atoms with E-state index in [1.54, 1.807) is 0 Å². The van der Waals surface area contributed by atoms with Crippen LogP contribution in [0, 0.1) is 5.92 Å². The van der Waals surface area contributed by atoms with Gasteiger partial charge in [0.1, 0.15) is 0 Å². The SMILES string of the molecule is CC(N)C(C)C(=O)Nc1ccccc1N1CCCC1.Cl.Cl. The topological polar surface area (TPSA) is 58.4 Å². The lowest BCUT2D eigenvalue weighted by Crippen LogP contribution is -2.34. The normalized spacial score (nSPS) is 16.4. The van der Waals surface area contributed by atoms with Crippen molar-refractivity contribution in [1.82, 2.24) is 0 Å². The molecule has 0 saturated carbocycles. The summed E-state index contributed by atoms with van der Waals surface area (Å²) in [4.78, 5) is 14.4. The van der Waals surface area contributed by atoms with Gasteiger partial charge in [0.05, 0.1) is 17.3 Å². The van der Waals surface area contributed by atoms with Crippen LogP contribution in [0.4, 0.5) is 11.4 Å². The average Bonchev–Trinajstić information content (AvgIpc) is 2.92. The molecule has 1 aliphatic rings. The van der Waals surface area contributed by atoms with Gasteiger partial charge < -0.3 is 16.0 Å². The van der Waals surface area contributed by atoms with Crippen LogP contribution in [0.2, 0.25) is 0 Å². The first-order chi connectivity index (χ1) is 9.09. The maximum Gasteiger partial charge on any atom is 0.228 e. The fraction of sp³-hybridized carbons (Fsp3) is 0.533. The molecule has 2 rings (SSSR count). The maximum atomic E-state index is 12.1. The van der Waals surface area contributed by atoms with E-state index in [2.05, 4.69) is 16.3 Å². The van der Waals surface area contributed by atoms with E-state index in [0.29, 0.717) is 0 Å². The number of carbonyl (C=O) groups excluding carboxylic acids is 1. The Morgan fingerprint density at radius 1 is 1.19 bits per heavy atom. The summed E-state index contributed by atoms with van der Waals surface area (Å²) >= 11 is 0. The van der Waals surface area contributed by atoms with Crippen molar-refractivity contribution >= 4 is 42.1 Å². The lowest BCUT2D eigenvalue weighted by molar-refractivity contribution is -0.119. The van der Waals surface area contributed by atoms with E-state index in [4.69, 9.17) is 5.73 Å². The third-order valence-corrected chi connectivity index (χ3v) is 3.81. The Bertz CT molecular complexity index is 448. The highest BCUT2D eigenvalue weighted by Crippen LogP contribution is 2.28. The molecule has 1 saturated heterocycles. The number of amides is 1. The standard InChI is InChI=1S/C15H23N3O.2ClH/c1-11(12(2)16)15(19)17-13-7-3-4-8-14(13)18-9-5-6-10-18;;/h3-4,7-8,11-12H,5-6,9-10,16H2,1-2H3,(H,17,19);2*1H. The second-order valence-corrected chi connectivity index (χ2v) is 5.35. The first-order valence-electron chi connectivity index (χ1n) is 7.00. The van der Waals surface area contributed by atoms with Gasteiger partial charge in [0.15, 0.2) is 0 Å². The van der Waals surface area contributed by atoms with Crippen molar-refractivity contribution in [2.75, 3.05) is 23.3 Å². The molecule has 4 nitrogen and oxygen atoms in total. The van der Waals surface area contributed by atoms with Gasteiger partial charge in [-0.15, -0.1) is 24.8 Å². The van der Waals surface area contributed by atoms with E-state index >= 15 is 0 Å². The summed E-state index contributed by atoms with van der Waals surface area (Å²) in [5, 5.41) is 3.01. The zero-order chi connectivity index (χ0) is 13.8. The molecule has 1 fully saturated rings. The van der Waals surface area contributed by atoms with Crippen molar-refractivity contribution in [2.24, 2.45) is 11.7 Å². The van der Waals surface area contributed by atoms with Gasteiger partial charge in [-0.25, -0.2) is 0 Å². The lowest BCUT2D eigenvalue weighted by Gasteiger charge is -2.23. The van der Waals surface area contributed by atoms with Crippen molar-refractivity contribution in [3.05, 3.63) is 24.3 Å². The molecular weight excluding hydrogens is 309 g/mol. The minimum Gasteiger partial charge on any atom is -0.370 e. The van der Waals surface area contributed by atoms with Crippen LogP contribution in [0.5, 0.6) is 0 Å². The molecule has 1 heterocycles. The Kier molecular flexibility index (Phi) is 8.71. The molecule has 1 aliphatic heterocycles. The summed E-state index contributed by atoms with van der Waals surface area (Å²) < 4.78 is 0. The summed E-state index contributed by atoms with van der Waals surface area (Å²) in [7, 11) is 0. The quantitative estimate of drug-likeness (QED) is 0.890. The molecule has 21 heavy (non-hydrogen) atoms. The summed E-state index contributed by atoms with van der Waals surface area (Å²) in [6, 6.07) is 7.85. The summed E-state index contributed by atoms with van der Waals surface area (Å²) in [5.41, 5.74) is 7.79. The number of anilines is 2. The van der Waals surface area contributed by atoms with Gasteiger partial charge in [0.25, 0.3) is 0 Å². The Balaban J connectivity index is 0.00000200. The van der Waals surface area contributed by atoms with Crippen LogP contribution in [-0.4, -0.2) is 25.0 Å². The zero-order valence-electron chi connectivity index (χ0n) is 12.5. The van der Waals surface area contributed by atoms with Crippen molar-refractivity contribution in [2.45, 2.75) is 32.7 Å². The number of carbonyl (C=O) groups is 1. The van der Waals surface area contributed by atoms with E-state index in [1.165, 1.54) is 12.8 Å². The van der Waals surface area contributed by atoms with Crippen molar-refractivity contribution < 1.29 is 4.79 Å². The zero-order valence-corrected chi connectivity index (χ0v) is 14.2. The van der Waals surface area contributed by atoms with Gasteiger partial charge in [-0.1, -0.05) is 19.1 Å². The molecule has 1 amide bonds. The van der Waals surface area contributed by atoms with Crippen molar-refractivity contribution in [1.29, 1.82) is 0 Å². The predicted octanol–water partition coefficient (Wildman–Crippen LogP) is 3.05. The van der Waals surface area contributed by atoms with E-state index in [9.17, 15) is 4.79 Å². The van der Waals surface area contributed by atoms with Crippen molar-refractivity contribution in [3.8, 4) is 0 Å². The number of nitrogens with one attached hydrogen (secondary N) is 1. The number of rotatable bonds is 4. The number of benzene rings is 1. The van der Waals surface area contributed by atoms with E-state index in [-0.39, 0.29) is 42.7 Å². The molecule has 120 valence electrons. The molecule has 1 aromatic rings. The maximum absolute atomic E-state index is 12.1. The highest BCUT2D eigenvalue weighted by molar-refractivity contribution is 5.96. The molecular formula is C15H25Cl2N3O. The van der Waals surface area contributed by atoms with Crippen LogP contribution in [0.3, 0.4) is 0 Å². The first-order valence-corrected chi connectivity index (χ1v) is 7.00. The van der Waals surface area contributed by atoms with Crippen LogP contribution in [0.25, 0.3) is 0 Å². The fourth-order valence-electron chi connectivity index (χ4n) is 2.30. The highest BCUT2D eigenvalue weighted by Gasteiger charge is 2.20. The smallest absolute Gasteiger partial charge is 0.228 e. The Morgan fingerprint density at radius 2 is 1.76 bits per heavy atom. The molecule has 0 aromatic heterocycles. The highest BCUT2D eigenvalue weighted by atomic mass is 35.5. The van der Waals surface area contributed by atoms with Crippen LogP contribution < -0.4 is 16.0 Å². The minimum absolute atomic E-state index is 0. The van der Waals surface area contributed by atoms with E-state index in [1.807, 2.05) is 32.0 Å². The van der Waals surface area contributed by atoms with E-state index in [0.717, 1.165) is 24.5 Å². The largest absolute Gasteiger partial charge is 0.370 e. The fourth-order valence-corrected chi connectivity index (χ4v) is 2.30. The first kappa shape index (κ1) is 20.0. The second-order valence-electron chi connectivity index (χ2n) is 5.35. The average molecular weight is 334 g/mol. The van der Waals surface area contributed by atoms with Crippen LogP contribution in [-0.2, 0) is 4.79 Å². The van der Waals surface area contributed by atoms with Gasteiger partial charge in [0.2, 0.25) is 5.91 Å². The number of halogens is 2. The van der Waals surface area contributed by atoms with E-state index < -0.39 is 0 Å².